The maximum absolute atomic E-state index is 11.0. The number of hydrogen-bond donors (Lipinski definition) is 1. The second-order valence-corrected chi connectivity index (χ2v) is 5.01. The number of rotatable bonds is 3. The maximum Gasteiger partial charge on any atom is 0.152 e. The Kier molecular flexibility index (Phi) is 3.25. The van der Waals surface area contributed by atoms with Crippen molar-refractivity contribution in [3.8, 4) is 0 Å². The Balaban J connectivity index is 1.87. The van der Waals surface area contributed by atoms with E-state index in [9.17, 15) is 4.79 Å². The summed E-state index contributed by atoms with van der Waals surface area (Å²) in [6.07, 6.45) is 2.69. The van der Waals surface area contributed by atoms with E-state index >= 15 is 0 Å². The van der Waals surface area contributed by atoms with Crippen molar-refractivity contribution in [1.82, 2.24) is 9.88 Å². The summed E-state index contributed by atoms with van der Waals surface area (Å²) in [6.45, 7) is 7.67. The Morgan fingerprint density at radius 1 is 1.26 bits per heavy atom. The van der Waals surface area contributed by atoms with Crippen LogP contribution in [0.1, 0.15) is 17.3 Å². The molecule has 19 heavy (non-hydrogen) atoms. The average Bonchev–Trinajstić information content (AvgIpc) is 2.89. The predicted octanol–water partition coefficient (Wildman–Crippen LogP) is 2.12. The molecule has 0 aliphatic carbocycles. The van der Waals surface area contributed by atoms with Gasteiger partial charge in [0.05, 0.1) is 0 Å². The number of fused-ring (bicyclic) bond motifs is 1. The van der Waals surface area contributed by atoms with Gasteiger partial charge in [-0.1, -0.05) is 6.92 Å². The van der Waals surface area contributed by atoms with Gasteiger partial charge in [0.1, 0.15) is 0 Å². The van der Waals surface area contributed by atoms with Crippen LogP contribution in [0.25, 0.3) is 10.9 Å². The Labute approximate surface area is 113 Å². The zero-order chi connectivity index (χ0) is 13.2. The molecule has 2 aromatic rings. The van der Waals surface area contributed by atoms with Crippen LogP contribution >= 0.6 is 0 Å². The summed E-state index contributed by atoms with van der Waals surface area (Å²) in [7, 11) is 0. The van der Waals surface area contributed by atoms with Gasteiger partial charge in [-0.05, 0) is 24.7 Å². The molecule has 1 saturated heterocycles. The fraction of sp³-hybridized carbons (Fsp3) is 0.400. The van der Waals surface area contributed by atoms with Crippen molar-refractivity contribution in [2.24, 2.45) is 0 Å². The highest BCUT2D eigenvalue weighted by Gasteiger charge is 2.16. The fourth-order valence-electron chi connectivity index (χ4n) is 2.75. The monoisotopic (exact) mass is 257 g/mol. The quantitative estimate of drug-likeness (QED) is 0.856. The Bertz CT molecular complexity index is 582. The van der Waals surface area contributed by atoms with E-state index in [1.165, 1.54) is 5.69 Å². The molecule has 0 atom stereocenters. The van der Waals surface area contributed by atoms with E-state index in [2.05, 4.69) is 39.9 Å². The third-order valence-corrected chi connectivity index (χ3v) is 4.01. The van der Waals surface area contributed by atoms with Crippen molar-refractivity contribution < 1.29 is 4.79 Å². The summed E-state index contributed by atoms with van der Waals surface area (Å²) in [5, 5.41) is 1.02. The molecule has 2 heterocycles. The first-order valence-corrected chi connectivity index (χ1v) is 6.85. The van der Waals surface area contributed by atoms with Gasteiger partial charge in [0.15, 0.2) is 6.29 Å². The van der Waals surface area contributed by atoms with E-state index in [1.54, 1.807) is 6.20 Å². The molecule has 0 spiro atoms. The first kappa shape index (κ1) is 12.2. The van der Waals surface area contributed by atoms with E-state index in [-0.39, 0.29) is 0 Å². The predicted molar refractivity (Wildman–Crippen MR) is 78.0 cm³/mol. The lowest BCUT2D eigenvalue weighted by molar-refractivity contribution is 0.112. The average molecular weight is 257 g/mol. The lowest BCUT2D eigenvalue weighted by Crippen LogP contribution is -2.46. The Morgan fingerprint density at radius 3 is 2.74 bits per heavy atom. The van der Waals surface area contributed by atoms with Gasteiger partial charge in [-0.25, -0.2) is 0 Å². The Hall–Kier alpha value is -1.81. The molecule has 1 aliphatic heterocycles. The number of carbonyl (C=O) groups excluding carboxylic acids is 1. The third-order valence-electron chi connectivity index (χ3n) is 4.01. The largest absolute Gasteiger partial charge is 0.369 e. The number of nitrogens with zero attached hydrogens (tertiary/aromatic N) is 2. The molecule has 1 aliphatic rings. The number of piperazine rings is 1. The van der Waals surface area contributed by atoms with Crippen LogP contribution in [0.4, 0.5) is 5.69 Å². The summed E-state index contributed by atoms with van der Waals surface area (Å²) >= 11 is 0. The summed E-state index contributed by atoms with van der Waals surface area (Å²) in [5.74, 6) is 0. The van der Waals surface area contributed by atoms with Crippen molar-refractivity contribution in [2.45, 2.75) is 6.92 Å². The number of hydrogen-bond acceptors (Lipinski definition) is 3. The molecule has 0 radical (unpaired) electrons. The van der Waals surface area contributed by atoms with E-state index in [0.717, 1.165) is 55.5 Å². The van der Waals surface area contributed by atoms with Crippen LogP contribution in [0.5, 0.6) is 0 Å². The molecule has 1 N–H and O–H groups in total. The van der Waals surface area contributed by atoms with Gasteiger partial charge in [0.25, 0.3) is 0 Å². The molecule has 1 aromatic carbocycles. The highest BCUT2D eigenvalue weighted by molar-refractivity contribution is 5.98. The summed E-state index contributed by atoms with van der Waals surface area (Å²) in [4.78, 5) is 19.0. The number of anilines is 1. The highest BCUT2D eigenvalue weighted by atomic mass is 16.1. The standard InChI is InChI=1S/C15H19N3O/c1-2-17-5-7-18(8-6-17)13-3-4-15-14(9-13)12(11-19)10-16-15/h3-4,9-11,16H,2,5-8H2,1H3. The van der Waals surface area contributed by atoms with E-state index in [4.69, 9.17) is 0 Å². The first-order chi connectivity index (χ1) is 9.31. The number of likely N-dealkylation sites (N-methyl/N-ethyl adjacent to an activating group) is 1. The smallest absolute Gasteiger partial charge is 0.152 e. The van der Waals surface area contributed by atoms with Gasteiger partial charge in [0.2, 0.25) is 0 Å². The molecule has 1 fully saturated rings. The van der Waals surface area contributed by atoms with Crippen LogP contribution in [-0.2, 0) is 0 Å². The number of aromatic nitrogens is 1. The molecule has 0 bridgehead atoms. The molecular formula is C15H19N3O. The second kappa shape index (κ2) is 5.05. The van der Waals surface area contributed by atoms with Crippen molar-refractivity contribution in [3.63, 3.8) is 0 Å². The van der Waals surface area contributed by atoms with Gasteiger partial charge >= 0.3 is 0 Å². The summed E-state index contributed by atoms with van der Waals surface area (Å²) < 4.78 is 0. The zero-order valence-corrected chi connectivity index (χ0v) is 11.2. The van der Waals surface area contributed by atoms with Gasteiger partial charge in [-0.15, -0.1) is 0 Å². The van der Waals surface area contributed by atoms with E-state index in [1.807, 2.05) is 0 Å². The van der Waals surface area contributed by atoms with Gasteiger partial charge in [0, 0.05) is 54.5 Å². The van der Waals surface area contributed by atoms with Crippen molar-refractivity contribution in [2.75, 3.05) is 37.6 Å². The SMILES string of the molecule is CCN1CCN(c2ccc3[nH]cc(C=O)c3c2)CC1. The molecule has 100 valence electrons. The van der Waals surface area contributed by atoms with E-state index in [0.29, 0.717) is 0 Å². The van der Waals surface area contributed by atoms with Crippen LogP contribution in [0.15, 0.2) is 24.4 Å². The summed E-state index contributed by atoms with van der Waals surface area (Å²) in [6, 6.07) is 6.32. The first-order valence-electron chi connectivity index (χ1n) is 6.85. The molecule has 4 heteroatoms. The number of H-pyrrole nitrogens is 1. The number of nitrogens with one attached hydrogen (secondary N) is 1. The van der Waals surface area contributed by atoms with Crippen molar-refractivity contribution in [1.29, 1.82) is 0 Å². The lowest BCUT2D eigenvalue weighted by Gasteiger charge is -2.35. The minimum absolute atomic E-state index is 0.740. The Morgan fingerprint density at radius 2 is 2.05 bits per heavy atom. The molecule has 3 rings (SSSR count). The lowest BCUT2D eigenvalue weighted by atomic mass is 10.1. The van der Waals surface area contributed by atoms with Crippen molar-refractivity contribution >= 4 is 22.9 Å². The van der Waals surface area contributed by atoms with Crippen LogP contribution in [0.2, 0.25) is 0 Å². The van der Waals surface area contributed by atoms with Gasteiger partial charge in [-0.2, -0.15) is 0 Å². The fourth-order valence-corrected chi connectivity index (χ4v) is 2.75. The van der Waals surface area contributed by atoms with Crippen LogP contribution in [-0.4, -0.2) is 48.9 Å². The van der Waals surface area contributed by atoms with Crippen LogP contribution < -0.4 is 4.90 Å². The number of carbonyl (C=O) groups is 1. The van der Waals surface area contributed by atoms with Crippen LogP contribution in [0.3, 0.4) is 0 Å². The molecule has 0 unspecified atom stereocenters. The van der Waals surface area contributed by atoms with Gasteiger partial charge in [-0.3, -0.25) is 4.79 Å². The zero-order valence-electron chi connectivity index (χ0n) is 11.2. The third kappa shape index (κ3) is 2.24. The molecule has 1 aromatic heterocycles. The normalized spacial score (nSPS) is 17.0. The summed E-state index contributed by atoms with van der Waals surface area (Å²) in [5.41, 5.74) is 2.98. The number of aromatic amines is 1. The molecule has 0 saturated carbocycles. The molecular weight excluding hydrogens is 238 g/mol. The number of aldehydes is 1. The topological polar surface area (TPSA) is 39.3 Å². The molecule has 0 amide bonds. The highest BCUT2D eigenvalue weighted by Crippen LogP contribution is 2.24. The number of benzene rings is 1. The molecule has 4 nitrogen and oxygen atoms in total. The van der Waals surface area contributed by atoms with Gasteiger partial charge < -0.3 is 14.8 Å². The minimum Gasteiger partial charge on any atom is -0.369 e. The van der Waals surface area contributed by atoms with Crippen LogP contribution in [0, 0.1) is 0 Å². The minimum atomic E-state index is 0.740. The second-order valence-electron chi connectivity index (χ2n) is 5.01. The van der Waals surface area contributed by atoms with E-state index < -0.39 is 0 Å². The van der Waals surface area contributed by atoms with Crippen molar-refractivity contribution in [3.05, 3.63) is 30.0 Å². The maximum atomic E-state index is 11.0.